The van der Waals surface area contributed by atoms with Gasteiger partial charge in [0.25, 0.3) is 15.7 Å². The Morgan fingerprint density at radius 1 is 1.07 bits per heavy atom. The molecule has 3 rings (SSSR count). The number of carbonyl (C=O) groups is 2. The molecule has 14 heteroatoms. The third-order valence-corrected chi connectivity index (χ3v) is 9.04. The molecule has 0 aromatic heterocycles. The number of benzene rings is 3. The fourth-order valence-corrected chi connectivity index (χ4v) is 6.09. The number of carbonyl (C=O) groups excluding carboxylic acids is 2. The van der Waals surface area contributed by atoms with E-state index in [1.54, 1.807) is 45.0 Å². The predicted molar refractivity (Wildman–Crippen MR) is 168 cm³/mol. The van der Waals surface area contributed by atoms with Gasteiger partial charge in [0.15, 0.2) is 0 Å². The van der Waals surface area contributed by atoms with Crippen LogP contribution >= 0.6 is 27.5 Å². The number of nitro benzene ring substituents is 1. The first-order valence-corrected chi connectivity index (χ1v) is 15.7. The van der Waals surface area contributed by atoms with Crippen molar-refractivity contribution in [2.75, 3.05) is 18.0 Å². The summed E-state index contributed by atoms with van der Waals surface area (Å²) < 4.78 is 35.3. The van der Waals surface area contributed by atoms with Gasteiger partial charge in [0, 0.05) is 33.7 Å². The number of hydrogen-bond donors (Lipinski definition) is 1. The Bertz CT molecular complexity index is 1620. The number of nitro groups is 1. The molecule has 0 aliphatic carbocycles. The van der Waals surface area contributed by atoms with Crippen molar-refractivity contribution in [3.05, 3.63) is 91.4 Å². The number of methoxy groups -OCH3 is 1. The Morgan fingerprint density at radius 2 is 1.72 bits per heavy atom. The van der Waals surface area contributed by atoms with Gasteiger partial charge in [0.1, 0.15) is 18.3 Å². The summed E-state index contributed by atoms with van der Waals surface area (Å²) in [5.41, 5.74) is 0.498. The molecule has 0 spiro atoms. The van der Waals surface area contributed by atoms with Crippen molar-refractivity contribution in [3.63, 3.8) is 0 Å². The van der Waals surface area contributed by atoms with Gasteiger partial charge in [-0.3, -0.25) is 24.0 Å². The summed E-state index contributed by atoms with van der Waals surface area (Å²) in [6, 6.07) is 13.7. The number of sulfonamides is 1. The molecule has 11 nitrogen and oxygen atoms in total. The SMILES string of the molecule is COc1ccc(Cl)cc1N(CC(=O)N(Cc1ccc(Br)cc1)[C@@H](C)C(=O)NC(C)C)S(=O)(=O)c1ccc(C)c([N+](=O)[O-])c1. The molecule has 0 bridgehead atoms. The first-order valence-electron chi connectivity index (χ1n) is 13.1. The zero-order chi connectivity index (χ0) is 32.1. The van der Waals surface area contributed by atoms with Crippen molar-refractivity contribution in [1.82, 2.24) is 10.2 Å². The lowest BCUT2D eigenvalue weighted by molar-refractivity contribution is -0.385. The quantitative estimate of drug-likeness (QED) is 0.196. The standard InChI is InChI=1S/C29H32BrClN4O7S/c1-18(2)32-29(37)20(4)33(16-21-7-9-22(30)10-8-21)28(36)17-34(26-14-23(31)11-13-27(26)42-5)43(40,41)24-12-6-19(3)25(15-24)35(38)39/h6-15,18,20H,16-17H2,1-5H3,(H,32,37)/t20-/m0/s1. The van der Waals surface area contributed by atoms with E-state index in [2.05, 4.69) is 21.2 Å². The molecule has 0 unspecified atom stereocenters. The average Bonchev–Trinajstić information content (AvgIpc) is 2.94. The van der Waals surface area contributed by atoms with Crippen molar-refractivity contribution in [1.29, 1.82) is 0 Å². The van der Waals surface area contributed by atoms with Gasteiger partial charge in [-0.2, -0.15) is 0 Å². The predicted octanol–water partition coefficient (Wildman–Crippen LogP) is 5.46. The number of aryl methyl sites for hydroxylation is 1. The normalized spacial score (nSPS) is 12.0. The van der Waals surface area contributed by atoms with Gasteiger partial charge in [-0.1, -0.05) is 45.7 Å². The molecule has 3 aromatic rings. The van der Waals surface area contributed by atoms with E-state index in [0.29, 0.717) is 5.56 Å². The molecule has 1 N–H and O–H groups in total. The van der Waals surface area contributed by atoms with E-state index in [4.69, 9.17) is 16.3 Å². The van der Waals surface area contributed by atoms with Crippen molar-refractivity contribution < 1.29 is 27.7 Å². The molecule has 3 aromatic carbocycles. The lowest BCUT2D eigenvalue weighted by Gasteiger charge is -2.32. The van der Waals surface area contributed by atoms with Gasteiger partial charge < -0.3 is 15.0 Å². The van der Waals surface area contributed by atoms with Crippen LogP contribution < -0.4 is 14.4 Å². The number of halogens is 2. The Labute approximate surface area is 264 Å². The maximum atomic E-state index is 14.2. The van der Waals surface area contributed by atoms with Crippen LogP contribution in [0.5, 0.6) is 5.75 Å². The van der Waals surface area contributed by atoms with Crippen molar-refractivity contribution in [3.8, 4) is 5.75 Å². The van der Waals surface area contributed by atoms with Crippen molar-refractivity contribution in [2.45, 2.75) is 51.2 Å². The summed E-state index contributed by atoms with van der Waals surface area (Å²) in [6.45, 7) is 5.83. The van der Waals surface area contributed by atoms with Crippen LogP contribution in [0, 0.1) is 17.0 Å². The maximum Gasteiger partial charge on any atom is 0.273 e. The molecule has 2 amide bonds. The first kappa shape index (κ1) is 33.8. The fraction of sp³-hybridized carbons (Fsp3) is 0.310. The minimum absolute atomic E-state index is 0.00460. The number of rotatable bonds is 12. The third-order valence-electron chi connectivity index (χ3n) is 6.52. The summed E-state index contributed by atoms with van der Waals surface area (Å²) >= 11 is 9.62. The second-order valence-corrected chi connectivity index (χ2v) is 13.2. The number of hydrogen-bond acceptors (Lipinski definition) is 7. The molecule has 0 saturated heterocycles. The maximum absolute atomic E-state index is 14.2. The third kappa shape index (κ3) is 8.24. The van der Waals surface area contributed by atoms with Crippen LogP contribution in [0.15, 0.2) is 70.0 Å². The fourth-order valence-electron chi connectivity index (χ4n) is 4.22. The summed E-state index contributed by atoms with van der Waals surface area (Å²) in [6.07, 6.45) is 0. The van der Waals surface area contributed by atoms with Gasteiger partial charge >= 0.3 is 0 Å². The smallest absolute Gasteiger partial charge is 0.273 e. The molecule has 0 saturated carbocycles. The van der Waals surface area contributed by atoms with E-state index in [9.17, 15) is 28.1 Å². The largest absolute Gasteiger partial charge is 0.495 e. The second-order valence-electron chi connectivity index (χ2n) is 10.0. The van der Waals surface area contributed by atoms with Crippen molar-refractivity contribution in [2.24, 2.45) is 0 Å². The number of nitrogens with zero attached hydrogens (tertiary/aromatic N) is 3. The molecular weight excluding hydrogens is 664 g/mol. The lowest BCUT2D eigenvalue weighted by Crippen LogP contribution is -2.52. The van der Waals surface area contributed by atoms with Gasteiger partial charge in [-0.25, -0.2) is 8.42 Å². The van der Waals surface area contributed by atoms with E-state index in [-0.39, 0.29) is 34.6 Å². The topological polar surface area (TPSA) is 139 Å². The summed E-state index contributed by atoms with van der Waals surface area (Å²) in [4.78, 5) is 38.9. The molecular formula is C29H32BrClN4O7S. The number of amides is 2. The van der Waals surface area contributed by atoms with Crippen LogP contribution in [-0.4, -0.2) is 55.8 Å². The summed E-state index contributed by atoms with van der Waals surface area (Å²) in [5.74, 6) is -1.04. The highest BCUT2D eigenvalue weighted by molar-refractivity contribution is 9.10. The molecule has 0 heterocycles. The van der Waals surface area contributed by atoms with E-state index in [1.165, 1.54) is 49.3 Å². The monoisotopic (exact) mass is 694 g/mol. The second kappa shape index (κ2) is 14.2. The zero-order valence-corrected chi connectivity index (χ0v) is 27.4. The lowest BCUT2D eigenvalue weighted by atomic mass is 10.1. The number of anilines is 1. The molecule has 43 heavy (non-hydrogen) atoms. The van der Waals surface area contributed by atoms with Gasteiger partial charge in [0.05, 0.1) is 22.6 Å². The van der Waals surface area contributed by atoms with Crippen LogP contribution in [0.1, 0.15) is 31.9 Å². The highest BCUT2D eigenvalue weighted by atomic mass is 79.9. The van der Waals surface area contributed by atoms with Crippen LogP contribution in [0.3, 0.4) is 0 Å². The van der Waals surface area contributed by atoms with E-state index < -0.39 is 49.9 Å². The Kier molecular flexibility index (Phi) is 11.2. The summed E-state index contributed by atoms with van der Waals surface area (Å²) in [5, 5.41) is 14.6. The van der Waals surface area contributed by atoms with Gasteiger partial charge in [0.2, 0.25) is 11.8 Å². The zero-order valence-electron chi connectivity index (χ0n) is 24.2. The molecule has 230 valence electrons. The minimum Gasteiger partial charge on any atom is -0.495 e. The summed E-state index contributed by atoms with van der Waals surface area (Å²) in [7, 11) is -3.28. The molecule has 0 aliphatic rings. The number of ether oxygens (including phenoxy) is 1. The van der Waals surface area contributed by atoms with Crippen LogP contribution in [-0.2, 0) is 26.2 Å². The highest BCUT2D eigenvalue weighted by Crippen LogP contribution is 2.36. The molecule has 1 atom stereocenters. The molecule has 0 aliphatic heterocycles. The minimum atomic E-state index is -4.61. The van der Waals surface area contributed by atoms with Crippen LogP contribution in [0.2, 0.25) is 5.02 Å². The Balaban J connectivity index is 2.16. The van der Waals surface area contributed by atoms with E-state index >= 15 is 0 Å². The Hall–Kier alpha value is -3.68. The highest BCUT2D eigenvalue weighted by Gasteiger charge is 2.35. The average molecular weight is 696 g/mol. The van der Waals surface area contributed by atoms with Gasteiger partial charge in [-0.15, -0.1) is 0 Å². The van der Waals surface area contributed by atoms with Crippen LogP contribution in [0.25, 0.3) is 0 Å². The molecule has 0 fully saturated rings. The Morgan fingerprint density at radius 3 is 2.30 bits per heavy atom. The number of nitrogens with one attached hydrogen (secondary N) is 1. The van der Waals surface area contributed by atoms with Crippen molar-refractivity contribution >= 4 is 60.7 Å². The van der Waals surface area contributed by atoms with E-state index in [1.807, 2.05) is 0 Å². The molecule has 0 radical (unpaired) electrons. The first-order chi connectivity index (χ1) is 20.1. The van der Waals surface area contributed by atoms with E-state index in [0.717, 1.165) is 14.8 Å². The van der Waals surface area contributed by atoms with Gasteiger partial charge in [-0.05, 0) is 69.7 Å². The van der Waals surface area contributed by atoms with Crippen LogP contribution in [0.4, 0.5) is 11.4 Å².